The number of hydrogen-bond donors (Lipinski definition) is 2. The number of nitrogens with zero attached hydrogens (tertiary/aromatic N) is 2. The Morgan fingerprint density at radius 3 is 2.11 bits per heavy atom. The first-order chi connectivity index (χ1) is 12.9. The SMILES string of the molecule is CC(C)(C)NC1CCCC(C2C(O)CN2C(C)(C)CC(C)(C)N2CCCC2)C1. The van der Waals surface area contributed by atoms with Crippen molar-refractivity contribution in [1.82, 2.24) is 15.1 Å². The van der Waals surface area contributed by atoms with Crippen molar-refractivity contribution in [3.63, 3.8) is 0 Å². The Bertz CT molecular complexity index is 518. The Morgan fingerprint density at radius 1 is 0.893 bits per heavy atom. The van der Waals surface area contributed by atoms with Crippen LogP contribution in [0.5, 0.6) is 0 Å². The van der Waals surface area contributed by atoms with E-state index in [0.29, 0.717) is 18.0 Å². The molecule has 0 aromatic rings. The van der Waals surface area contributed by atoms with Crippen molar-refractivity contribution < 1.29 is 5.11 Å². The zero-order valence-electron chi connectivity index (χ0n) is 19.7. The summed E-state index contributed by atoms with van der Waals surface area (Å²) in [6.07, 6.45) is 8.76. The molecular weight excluding hydrogens is 346 g/mol. The minimum absolute atomic E-state index is 0.125. The third-order valence-electron chi connectivity index (χ3n) is 7.58. The van der Waals surface area contributed by atoms with Crippen molar-refractivity contribution in [2.45, 2.75) is 128 Å². The molecule has 1 aliphatic carbocycles. The summed E-state index contributed by atoms with van der Waals surface area (Å²) in [6.45, 7) is 19.8. The van der Waals surface area contributed by atoms with Crippen LogP contribution in [0.3, 0.4) is 0 Å². The molecule has 2 aliphatic heterocycles. The molecule has 4 heteroatoms. The fourth-order valence-electron chi connectivity index (χ4n) is 6.60. The largest absolute Gasteiger partial charge is 0.390 e. The normalized spacial score (nSPS) is 33.9. The van der Waals surface area contributed by atoms with Gasteiger partial charge in [-0.25, -0.2) is 0 Å². The molecule has 0 amide bonds. The third kappa shape index (κ3) is 5.11. The number of β-amino-alcohol motifs (C(OH)–C–C–N with tert-alkyl or cyclic N) is 1. The lowest BCUT2D eigenvalue weighted by molar-refractivity contribution is -0.149. The average molecular weight is 394 g/mol. The Kier molecular flexibility index (Phi) is 6.57. The Hall–Kier alpha value is -0.160. The number of aliphatic hydroxyl groups excluding tert-OH is 1. The van der Waals surface area contributed by atoms with Gasteiger partial charge in [0.25, 0.3) is 0 Å². The van der Waals surface area contributed by atoms with Gasteiger partial charge in [-0.2, -0.15) is 0 Å². The van der Waals surface area contributed by atoms with Gasteiger partial charge in [0.1, 0.15) is 0 Å². The van der Waals surface area contributed by atoms with E-state index in [1.165, 1.54) is 58.0 Å². The Balaban J connectivity index is 1.65. The molecule has 2 saturated heterocycles. The maximum Gasteiger partial charge on any atom is 0.0825 e. The highest BCUT2D eigenvalue weighted by Crippen LogP contribution is 2.42. The average Bonchev–Trinajstić information content (AvgIpc) is 3.05. The molecule has 2 N–H and O–H groups in total. The summed E-state index contributed by atoms with van der Waals surface area (Å²) in [5.41, 5.74) is 0.526. The molecule has 0 bridgehead atoms. The minimum Gasteiger partial charge on any atom is -0.390 e. The van der Waals surface area contributed by atoms with Gasteiger partial charge in [-0.3, -0.25) is 9.80 Å². The molecule has 4 atom stereocenters. The van der Waals surface area contributed by atoms with E-state index in [4.69, 9.17) is 0 Å². The number of aliphatic hydroxyl groups is 1. The van der Waals surface area contributed by atoms with E-state index in [1.807, 2.05) is 0 Å². The van der Waals surface area contributed by atoms with Gasteiger partial charge in [-0.15, -0.1) is 0 Å². The second kappa shape index (κ2) is 8.17. The number of rotatable bonds is 6. The molecule has 3 aliphatic rings. The maximum absolute atomic E-state index is 10.7. The number of likely N-dealkylation sites (tertiary alicyclic amines) is 2. The molecule has 4 unspecified atom stereocenters. The fourth-order valence-corrected chi connectivity index (χ4v) is 6.60. The summed E-state index contributed by atoms with van der Waals surface area (Å²) in [6, 6.07) is 0.937. The van der Waals surface area contributed by atoms with Gasteiger partial charge in [0.2, 0.25) is 0 Å². The molecule has 3 fully saturated rings. The summed E-state index contributed by atoms with van der Waals surface area (Å²) in [7, 11) is 0. The predicted octanol–water partition coefficient (Wildman–Crippen LogP) is 4.02. The van der Waals surface area contributed by atoms with E-state index in [2.05, 4.69) is 63.6 Å². The summed E-state index contributed by atoms with van der Waals surface area (Å²) in [5, 5.41) is 14.6. The predicted molar refractivity (Wildman–Crippen MR) is 119 cm³/mol. The molecular formula is C24H47N3O. The van der Waals surface area contributed by atoms with Gasteiger partial charge in [-0.1, -0.05) is 6.42 Å². The van der Waals surface area contributed by atoms with Crippen LogP contribution in [0.25, 0.3) is 0 Å². The second-order valence-corrected chi connectivity index (χ2v) is 12.2. The van der Waals surface area contributed by atoms with Crippen LogP contribution in [0, 0.1) is 5.92 Å². The highest BCUT2D eigenvalue weighted by atomic mass is 16.3. The standard InChI is InChI=1S/C24H47N3O/c1-22(2,3)25-19-12-10-11-18(15-19)21-20(28)16-27(21)24(6,7)17-23(4,5)26-13-8-9-14-26/h18-21,25,28H,8-17H2,1-7H3. The first-order valence-electron chi connectivity index (χ1n) is 11.9. The van der Waals surface area contributed by atoms with E-state index in [1.54, 1.807) is 0 Å². The zero-order chi connectivity index (χ0) is 20.7. The summed E-state index contributed by atoms with van der Waals surface area (Å²) in [4.78, 5) is 5.34. The van der Waals surface area contributed by atoms with Crippen molar-refractivity contribution in [3.05, 3.63) is 0 Å². The summed E-state index contributed by atoms with van der Waals surface area (Å²) < 4.78 is 0. The van der Waals surface area contributed by atoms with E-state index in [9.17, 15) is 5.11 Å². The lowest BCUT2D eigenvalue weighted by Crippen LogP contribution is -2.71. The number of hydrogen-bond acceptors (Lipinski definition) is 4. The maximum atomic E-state index is 10.7. The van der Waals surface area contributed by atoms with Crippen molar-refractivity contribution in [2.24, 2.45) is 5.92 Å². The van der Waals surface area contributed by atoms with Crippen molar-refractivity contribution >= 4 is 0 Å². The van der Waals surface area contributed by atoms with Gasteiger partial charge in [0.05, 0.1) is 6.10 Å². The lowest BCUT2D eigenvalue weighted by atomic mass is 9.72. The monoisotopic (exact) mass is 393 g/mol. The summed E-state index contributed by atoms with van der Waals surface area (Å²) >= 11 is 0. The molecule has 3 rings (SSSR count). The van der Waals surface area contributed by atoms with E-state index >= 15 is 0 Å². The van der Waals surface area contributed by atoms with Crippen LogP contribution in [-0.4, -0.2) is 69.3 Å². The van der Waals surface area contributed by atoms with Gasteiger partial charge in [-0.05, 0) is 106 Å². The Labute approximate surface area is 174 Å². The molecule has 1 saturated carbocycles. The summed E-state index contributed by atoms with van der Waals surface area (Å²) in [5.74, 6) is 0.617. The smallest absolute Gasteiger partial charge is 0.0825 e. The van der Waals surface area contributed by atoms with Crippen molar-refractivity contribution in [2.75, 3.05) is 19.6 Å². The molecule has 4 nitrogen and oxygen atoms in total. The highest BCUT2D eigenvalue weighted by Gasteiger charge is 2.51. The topological polar surface area (TPSA) is 38.7 Å². The molecule has 0 aromatic carbocycles. The van der Waals surface area contributed by atoms with Crippen molar-refractivity contribution in [3.8, 4) is 0 Å². The minimum atomic E-state index is -0.146. The lowest BCUT2D eigenvalue weighted by Gasteiger charge is -2.59. The van der Waals surface area contributed by atoms with E-state index < -0.39 is 0 Å². The van der Waals surface area contributed by atoms with Gasteiger partial charge in [0, 0.05) is 35.2 Å². The molecule has 0 aromatic heterocycles. The van der Waals surface area contributed by atoms with Gasteiger partial charge < -0.3 is 10.4 Å². The molecule has 164 valence electrons. The van der Waals surface area contributed by atoms with Crippen LogP contribution in [0.4, 0.5) is 0 Å². The van der Waals surface area contributed by atoms with E-state index in [0.717, 1.165) is 6.54 Å². The number of nitrogens with one attached hydrogen (secondary N) is 1. The van der Waals surface area contributed by atoms with Crippen LogP contribution >= 0.6 is 0 Å². The molecule has 2 heterocycles. The van der Waals surface area contributed by atoms with Crippen LogP contribution in [0.2, 0.25) is 0 Å². The van der Waals surface area contributed by atoms with Gasteiger partial charge in [0.15, 0.2) is 0 Å². The van der Waals surface area contributed by atoms with Crippen LogP contribution in [0.1, 0.15) is 93.4 Å². The van der Waals surface area contributed by atoms with Crippen LogP contribution in [-0.2, 0) is 0 Å². The van der Waals surface area contributed by atoms with Crippen LogP contribution in [0.15, 0.2) is 0 Å². The third-order valence-corrected chi connectivity index (χ3v) is 7.58. The first-order valence-corrected chi connectivity index (χ1v) is 11.9. The first kappa shape index (κ1) is 22.5. The Morgan fingerprint density at radius 2 is 1.54 bits per heavy atom. The second-order valence-electron chi connectivity index (χ2n) is 12.2. The quantitative estimate of drug-likeness (QED) is 0.715. The van der Waals surface area contributed by atoms with Crippen molar-refractivity contribution in [1.29, 1.82) is 0 Å². The van der Waals surface area contributed by atoms with Crippen LogP contribution < -0.4 is 5.32 Å². The molecule has 0 spiro atoms. The molecule has 28 heavy (non-hydrogen) atoms. The zero-order valence-corrected chi connectivity index (χ0v) is 19.7. The molecule has 0 radical (unpaired) electrons. The van der Waals surface area contributed by atoms with Gasteiger partial charge >= 0.3 is 0 Å². The highest BCUT2D eigenvalue weighted by molar-refractivity contribution is 5.06. The van der Waals surface area contributed by atoms with E-state index in [-0.39, 0.29) is 22.7 Å². The fraction of sp³-hybridized carbons (Fsp3) is 1.00.